The highest BCUT2D eigenvalue weighted by Crippen LogP contribution is 2.72. The molecule has 0 radical (unpaired) electrons. The summed E-state index contributed by atoms with van der Waals surface area (Å²) in [6.07, 6.45) is -5.68. The van der Waals surface area contributed by atoms with Crippen LogP contribution in [0.25, 0.3) is 0 Å². The zero-order valence-electron chi connectivity index (χ0n) is 11.8. The van der Waals surface area contributed by atoms with Gasteiger partial charge in [-0.1, -0.05) is 33.8 Å². The van der Waals surface area contributed by atoms with Crippen LogP contribution in [-0.4, -0.2) is 5.11 Å². The van der Waals surface area contributed by atoms with Crippen molar-refractivity contribution in [1.82, 2.24) is 0 Å². The van der Waals surface area contributed by atoms with Gasteiger partial charge in [0.25, 0.3) is 0 Å². The fraction of sp³-hybridized carbons (Fsp3) is 0.600. The van der Waals surface area contributed by atoms with E-state index in [2.05, 4.69) is 0 Å². The summed E-state index contributed by atoms with van der Waals surface area (Å²) in [5, 5.41) is 10.3. The molecule has 0 spiro atoms. The number of hydrogen-bond acceptors (Lipinski definition) is 1. The summed E-state index contributed by atoms with van der Waals surface area (Å²) in [6.45, 7) is 7.95. The Labute approximate surface area is 115 Å². The Morgan fingerprint density at radius 1 is 1.10 bits per heavy atom. The van der Waals surface area contributed by atoms with Crippen molar-refractivity contribution in [2.24, 2.45) is 16.7 Å². The molecular formula is C15H18F4O. The van der Waals surface area contributed by atoms with Gasteiger partial charge in [-0.25, -0.2) is 4.39 Å². The van der Waals surface area contributed by atoms with Crippen LogP contribution in [0.15, 0.2) is 18.2 Å². The smallest absolute Gasteiger partial charge is 0.388 e. The summed E-state index contributed by atoms with van der Waals surface area (Å²) < 4.78 is 51.0. The summed E-state index contributed by atoms with van der Waals surface area (Å²) in [5.41, 5.74) is -1.38. The highest BCUT2D eigenvalue weighted by molar-refractivity contribution is 5.31. The molecule has 1 aliphatic carbocycles. The topological polar surface area (TPSA) is 20.2 Å². The highest BCUT2D eigenvalue weighted by Gasteiger charge is 2.67. The predicted molar refractivity (Wildman–Crippen MR) is 67.4 cm³/mol. The van der Waals surface area contributed by atoms with Gasteiger partial charge in [0.05, 0.1) is 11.7 Å². The summed E-state index contributed by atoms with van der Waals surface area (Å²) >= 11 is 0. The molecular weight excluding hydrogens is 272 g/mol. The number of halogens is 4. The molecule has 0 heterocycles. The van der Waals surface area contributed by atoms with Gasteiger partial charge in [0.1, 0.15) is 5.82 Å². The molecule has 20 heavy (non-hydrogen) atoms. The van der Waals surface area contributed by atoms with E-state index in [4.69, 9.17) is 0 Å². The maximum atomic E-state index is 13.5. The Morgan fingerprint density at radius 2 is 1.60 bits per heavy atom. The maximum Gasteiger partial charge on any atom is 0.419 e. The molecule has 112 valence electrons. The molecule has 0 aromatic heterocycles. The van der Waals surface area contributed by atoms with Gasteiger partial charge >= 0.3 is 6.18 Å². The number of aliphatic hydroxyl groups is 1. The van der Waals surface area contributed by atoms with Gasteiger partial charge in [0, 0.05) is 5.92 Å². The summed E-state index contributed by atoms with van der Waals surface area (Å²) in [4.78, 5) is 0. The van der Waals surface area contributed by atoms with E-state index in [1.54, 1.807) is 0 Å². The van der Waals surface area contributed by atoms with Crippen LogP contribution >= 0.6 is 0 Å². The lowest BCUT2D eigenvalue weighted by Crippen LogP contribution is -2.11. The Balaban J connectivity index is 2.30. The van der Waals surface area contributed by atoms with Gasteiger partial charge in [-0.15, -0.1) is 0 Å². The van der Waals surface area contributed by atoms with Crippen LogP contribution in [-0.2, 0) is 6.18 Å². The van der Waals surface area contributed by atoms with Gasteiger partial charge in [-0.3, -0.25) is 0 Å². The Bertz CT molecular complexity index is 517. The first-order valence-corrected chi connectivity index (χ1v) is 6.45. The summed E-state index contributed by atoms with van der Waals surface area (Å²) in [6, 6.07) is 2.63. The average Bonchev–Trinajstić information content (AvgIpc) is 2.66. The quantitative estimate of drug-likeness (QED) is 0.792. The fourth-order valence-corrected chi connectivity index (χ4v) is 3.17. The van der Waals surface area contributed by atoms with E-state index in [0.717, 1.165) is 12.1 Å². The Morgan fingerprint density at radius 3 is 1.95 bits per heavy atom. The second-order valence-electron chi connectivity index (χ2n) is 6.60. The minimum absolute atomic E-state index is 0.105. The van der Waals surface area contributed by atoms with Gasteiger partial charge in [0.15, 0.2) is 0 Å². The molecule has 1 fully saturated rings. The van der Waals surface area contributed by atoms with Crippen LogP contribution in [0.4, 0.5) is 17.6 Å². The molecule has 1 aliphatic rings. The number of benzene rings is 1. The van der Waals surface area contributed by atoms with Crippen LogP contribution in [0.1, 0.15) is 44.9 Å². The van der Waals surface area contributed by atoms with Crippen LogP contribution < -0.4 is 0 Å². The van der Waals surface area contributed by atoms with Crippen molar-refractivity contribution in [2.75, 3.05) is 0 Å². The molecule has 1 N–H and O–H groups in total. The SMILES string of the molecule is CC1(C)C(C(O)c2ccc(C(F)(F)F)c(F)c2)C1(C)C. The van der Waals surface area contributed by atoms with Gasteiger partial charge in [0.2, 0.25) is 0 Å². The lowest BCUT2D eigenvalue weighted by molar-refractivity contribution is -0.140. The molecule has 0 amide bonds. The number of hydrogen-bond donors (Lipinski definition) is 1. The van der Waals surface area contributed by atoms with E-state index in [0.29, 0.717) is 6.07 Å². The van der Waals surface area contributed by atoms with Crippen LogP contribution in [0.2, 0.25) is 0 Å². The first kappa shape index (κ1) is 15.3. The fourth-order valence-electron chi connectivity index (χ4n) is 3.17. The van der Waals surface area contributed by atoms with Crippen LogP contribution in [0.5, 0.6) is 0 Å². The number of alkyl halides is 3. The van der Waals surface area contributed by atoms with Crippen LogP contribution in [0, 0.1) is 22.6 Å². The van der Waals surface area contributed by atoms with Gasteiger partial charge in [-0.05, 0) is 28.5 Å². The first-order valence-electron chi connectivity index (χ1n) is 6.45. The maximum absolute atomic E-state index is 13.5. The highest BCUT2D eigenvalue weighted by atomic mass is 19.4. The van der Waals surface area contributed by atoms with Crippen molar-refractivity contribution >= 4 is 0 Å². The minimum Gasteiger partial charge on any atom is -0.388 e. The lowest BCUT2D eigenvalue weighted by atomic mass is 9.98. The van der Waals surface area contributed by atoms with E-state index in [1.165, 1.54) is 0 Å². The molecule has 0 bridgehead atoms. The van der Waals surface area contributed by atoms with Crippen molar-refractivity contribution in [1.29, 1.82) is 0 Å². The Hall–Kier alpha value is -1.10. The first-order chi connectivity index (χ1) is 8.90. The van der Waals surface area contributed by atoms with E-state index < -0.39 is 23.7 Å². The van der Waals surface area contributed by atoms with E-state index in [-0.39, 0.29) is 22.3 Å². The summed E-state index contributed by atoms with van der Waals surface area (Å²) in [5.74, 6) is -1.45. The second kappa shape index (κ2) is 4.20. The van der Waals surface area contributed by atoms with E-state index >= 15 is 0 Å². The molecule has 1 saturated carbocycles. The summed E-state index contributed by atoms with van der Waals surface area (Å²) in [7, 11) is 0. The largest absolute Gasteiger partial charge is 0.419 e. The minimum atomic E-state index is -4.72. The van der Waals surface area contributed by atoms with Crippen LogP contribution in [0.3, 0.4) is 0 Å². The van der Waals surface area contributed by atoms with E-state index in [1.807, 2.05) is 27.7 Å². The lowest BCUT2D eigenvalue weighted by Gasteiger charge is -2.15. The number of rotatable bonds is 2. The van der Waals surface area contributed by atoms with Gasteiger partial charge < -0.3 is 5.11 Å². The normalized spacial score (nSPS) is 22.6. The predicted octanol–water partition coefficient (Wildman–Crippen LogP) is 4.56. The standard InChI is InChI=1S/C15H18F4O/c1-13(2)12(14(13,3)4)11(20)8-5-6-9(10(16)7-8)15(17,18)19/h5-7,11-12,20H,1-4H3. The third-order valence-corrected chi connectivity index (χ3v) is 5.09. The third-order valence-electron chi connectivity index (χ3n) is 5.09. The van der Waals surface area contributed by atoms with Crippen molar-refractivity contribution in [3.05, 3.63) is 35.1 Å². The van der Waals surface area contributed by atoms with Gasteiger partial charge in [-0.2, -0.15) is 13.2 Å². The molecule has 0 saturated heterocycles. The van der Waals surface area contributed by atoms with Crippen molar-refractivity contribution in [3.63, 3.8) is 0 Å². The van der Waals surface area contributed by atoms with E-state index in [9.17, 15) is 22.7 Å². The zero-order valence-corrected chi connectivity index (χ0v) is 11.8. The molecule has 5 heteroatoms. The Kier molecular flexibility index (Phi) is 3.21. The molecule has 1 nitrogen and oxygen atoms in total. The molecule has 1 atom stereocenters. The van der Waals surface area contributed by atoms with Crippen molar-refractivity contribution in [2.45, 2.75) is 40.0 Å². The monoisotopic (exact) mass is 290 g/mol. The second-order valence-corrected chi connectivity index (χ2v) is 6.60. The number of aliphatic hydroxyl groups excluding tert-OH is 1. The molecule has 1 unspecified atom stereocenters. The molecule has 0 aliphatic heterocycles. The zero-order chi connectivity index (χ0) is 15.5. The van der Waals surface area contributed by atoms with Crippen molar-refractivity contribution < 1.29 is 22.7 Å². The molecule has 2 rings (SSSR count). The average molecular weight is 290 g/mol. The van der Waals surface area contributed by atoms with Crippen molar-refractivity contribution in [3.8, 4) is 0 Å². The third kappa shape index (κ3) is 2.12. The molecule has 1 aromatic carbocycles. The molecule has 1 aromatic rings.